The van der Waals surface area contributed by atoms with Crippen molar-refractivity contribution in [3.05, 3.63) is 0 Å². The second-order valence-electron chi connectivity index (χ2n) is 4.08. The van der Waals surface area contributed by atoms with Gasteiger partial charge < -0.3 is 19.5 Å². The number of rotatable bonds is 6. The number of carbonyl (C=O) groups excluding carboxylic acids is 1. The highest BCUT2D eigenvalue weighted by Gasteiger charge is 2.28. The van der Waals surface area contributed by atoms with Crippen LogP contribution >= 0.6 is 11.8 Å². The highest BCUT2D eigenvalue weighted by molar-refractivity contribution is 7.99. The minimum atomic E-state index is -0.237. The van der Waals surface area contributed by atoms with Gasteiger partial charge in [-0.1, -0.05) is 0 Å². The lowest BCUT2D eigenvalue weighted by atomic mass is 10.2. The molecule has 2 atom stereocenters. The fourth-order valence-electron chi connectivity index (χ4n) is 1.66. The van der Waals surface area contributed by atoms with Crippen molar-refractivity contribution in [3.8, 4) is 0 Å². The Kier molecular flexibility index (Phi) is 6.87. The number of methoxy groups -OCH3 is 1. The molecule has 1 aliphatic rings. The summed E-state index contributed by atoms with van der Waals surface area (Å²) in [5.41, 5.74) is 0. The van der Waals surface area contributed by atoms with Crippen LogP contribution < -0.4 is 0 Å². The molecule has 0 aliphatic carbocycles. The van der Waals surface area contributed by atoms with Crippen molar-refractivity contribution in [1.29, 1.82) is 0 Å². The molecule has 1 rings (SSSR count). The standard InChI is InChI=1S/C11H21NO4S/c1-9-7-16-10(6-13)5-12(9)11(14)8-17-4-3-15-2/h9-10,13H,3-8H2,1-2H3. The summed E-state index contributed by atoms with van der Waals surface area (Å²) in [5, 5.41) is 9.04. The van der Waals surface area contributed by atoms with Crippen LogP contribution in [0.5, 0.6) is 0 Å². The molecule has 100 valence electrons. The lowest BCUT2D eigenvalue weighted by Gasteiger charge is -2.37. The van der Waals surface area contributed by atoms with Gasteiger partial charge in [0.1, 0.15) is 0 Å². The molecule has 17 heavy (non-hydrogen) atoms. The van der Waals surface area contributed by atoms with E-state index in [1.54, 1.807) is 23.8 Å². The van der Waals surface area contributed by atoms with E-state index in [-0.39, 0.29) is 24.7 Å². The van der Waals surface area contributed by atoms with Gasteiger partial charge in [0.05, 0.1) is 37.7 Å². The van der Waals surface area contributed by atoms with Gasteiger partial charge >= 0.3 is 0 Å². The number of nitrogens with zero attached hydrogens (tertiary/aromatic N) is 1. The highest BCUT2D eigenvalue weighted by Crippen LogP contribution is 2.13. The summed E-state index contributed by atoms with van der Waals surface area (Å²) in [6.45, 7) is 3.58. The van der Waals surface area contributed by atoms with Gasteiger partial charge in [0.15, 0.2) is 0 Å². The normalized spacial score (nSPS) is 25.0. The molecule has 2 unspecified atom stereocenters. The first-order chi connectivity index (χ1) is 8.19. The number of aliphatic hydroxyl groups excluding tert-OH is 1. The van der Waals surface area contributed by atoms with Crippen LogP contribution in [0.2, 0.25) is 0 Å². The summed E-state index contributed by atoms with van der Waals surface area (Å²) in [6, 6.07) is 0.0910. The third kappa shape index (κ3) is 4.83. The first-order valence-corrected chi connectivity index (χ1v) is 6.93. The van der Waals surface area contributed by atoms with Gasteiger partial charge in [0.2, 0.25) is 5.91 Å². The summed E-state index contributed by atoms with van der Waals surface area (Å²) in [5.74, 6) is 1.40. The molecule has 0 aromatic heterocycles. The maximum Gasteiger partial charge on any atom is 0.232 e. The molecular formula is C11H21NO4S. The molecule has 1 saturated heterocycles. The molecule has 1 N–H and O–H groups in total. The Hall–Kier alpha value is -0.300. The molecule has 1 aliphatic heterocycles. The molecular weight excluding hydrogens is 242 g/mol. The Morgan fingerprint density at radius 2 is 2.41 bits per heavy atom. The average molecular weight is 263 g/mol. The first kappa shape index (κ1) is 14.8. The summed E-state index contributed by atoms with van der Waals surface area (Å²) >= 11 is 1.57. The third-order valence-electron chi connectivity index (χ3n) is 2.69. The van der Waals surface area contributed by atoms with Gasteiger partial charge in [-0.3, -0.25) is 4.79 Å². The zero-order chi connectivity index (χ0) is 12.7. The summed E-state index contributed by atoms with van der Waals surface area (Å²) in [7, 11) is 1.65. The predicted octanol–water partition coefficient (Wildman–Crippen LogP) is -0.0258. The third-order valence-corrected chi connectivity index (χ3v) is 3.59. The van der Waals surface area contributed by atoms with Crippen molar-refractivity contribution in [2.75, 3.05) is 45.0 Å². The molecule has 1 fully saturated rings. The average Bonchev–Trinajstić information content (AvgIpc) is 2.35. The summed E-state index contributed by atoms with van der Waals surface area (Å²) in [4.78, 5) is 13.8. The van der Waals surface area contributed by atoms with Gasteiger partial charge in [-0.05, 0) is 6.92 Å². The van der Waals surface area contributed by atoms with Crippen molar-refractivity contribution in [1.82, 2.24) is 4.90 Å². The van der Waals surface area contributed by atoms with E-state index in [0.29, 0.717) is 25.5 Å². The van der Waals surface area contributed by atoms with Crippen LogP contribution in [0.3, 0.4) is 0 Å². The Morgan fingerprint density at radius 3 is 3.06 bits per heavy atom. The second-order valence-corrected chi connectivity index (χ2v) is 5.18. The largest absolute Gasteiger partial charge is 0.394 e. The Balaban J connectivity index is 2.32. The van der Waals surface area contributed by atoms with Crippen LogP contribution in [-0.4, -0.2) is 73.0 Å². The maximum absolute atomic E-state index is 12.0. The lowest BCUT2D eigenvalue weighted by Crippen LogP contribution is -2.52. The minimum absolute atomic E-state index is 0.0344. The van der Waals surface area contributed by atoms with Crippen LogP contribution in [0, 0.1) is 0 Å². The van der Waals surface area contributed by atoms with Crippen molar-refractivity contribution < 1.29 is 19.4 Å². The molecule has 1 amide bonds. The minimum Gasteiger partial charge on any atom is -0.394 e. The van der Waals surface area contributed by atoms with Crippen molar-refractivity contribution in [2.24, 2.45) is 0 Å². The number of carbonyl (C=O) groups is 1. The topological polar surface area (TPSA) is 59.0 Å². The van der Waals surface area contributed by atoms with Crippen LogP contribution in [0.1, 0.15) is 6.92 Å². The number of ether oxygens (including phenoxy) is 2. The smallest absolute Gasteiger partial charge is 0.232 e. The molecule has 1 heterocycles. The van der Waals surface area contributed by atoms with E-state index >= 15 is 0 Å². The second kappa shape index (κ2) is 7.92. The fraction of sp³-hybridized carbons (Fsp3) is 0.909. The van der Waals surface area contributed by atoms with Gasteiger partial charge in [-0.15, -0.1) is 11.8 Å². The van der Waals surface area contributed by atoms with Gasteiger partial charge in [-0.2, -0.15) is 0 Å². The van der Waals surface area contributed by atoms with Crippen LogP contribution in [0.15, 0.2) is 0 Å². The molecule has 0 spiro atoms. The number of amides is 1. The molecule has 0 radical (unpaired) electrons. The van der Waals surface area contributed by atoms with E-state index in [2.05, 4.69) is 0 Å². The molecule has 0 aromatic rings. The maximum atomic E-state index is 12.0. The Labute approximate surface area is 106 Å². The molecule has 0 bridgehead atoms. The molecule has 6 heteroatoms. The van der Waals surface area contributed by atoms with Crippen molar-refractivity contribution in [3.63, 3.8) is 0 Å². The van der Waals surface area contributed by atoms with Crippen LogP contribution in [0.4, 0.5) is 0 Å². The zero-order valence-corrected chi connectivity index (χ0v) is 11.2. The molecule has 5 nitrogen and oxygen atoms in total. The number of aliphatic hydroxyl groups is 1. The SMILES string of the molecule is COCCSCC(=O)N1CC(CO)OCC1C. The van der Waals surface area contributed by atoms with Gasteiger partial charge in [-0.25, -0.2) is 0 Å². The van der Waals surface area contributed by atoms with Crippen LogP contribution in [0.25, 0.3) is 0 Å². The summed E-state index contributed by atoms with van der Waals surface area (Å²) < 4.78 is 10.3. The van der Waals surface area contributed by atoms with Gasteiger partial charge in [0, 0.05) is 19.4 Å². The highest BCUT2D eigenvalue weighted by atomic mass is 32.2. The number of thioether (sulfide) groups is 1. The first-order valence-electron chi connectivity index (χ1n) is 5.77. The Bertz CT molecular complexity index is 240. The predicted molar refractivity (Wildman–Crippen MR) is 67.2 cm³/mol. The van der Waals surface area contributed by atoms with Crippen molar-refractivity contribution >= 4 is 17.7 Å². The quantitative estimate of drug-likeness (QED) is 0.682. The zero-order valence-electron chi connectivity index (χ0n) is 10.4. The van der Waals surface area contributed by atoms with E-state index in [9.17, 15) is 4.79 Å². The van der Waals surface area contributed by atoms with E-state index in [1.807, 2.05) is 6.92 Å². The molecule has 0 aromatic carbocycles. The van der Waals surface area contributed by atoms with Crippen LogP contribution in [-0.2, 0) is 14.3 Å². The van der Waals surface area contributed by atoms with E-state index < -0.39 is 0 Å². The van der Waals surface area contributed by atoms with Crippen molar-refractivity contribution in [2.45, 2.75) is 19.1 Å². The Morgan fingerprint density at radius 1 is 1.65 bits per heavy atom. The fourth-order valence-corrected chi connectivity index (χ4v) is 2.43. The van der Waals surface area contributed by atoms with E-state index in [4.69, 9.17) is 14.6 Å². The number of hydrogen-bond acceptors (Lipinski definition) is 5. The van der Waals surface area contributed by atoms with E-state index in [1.165, 1.54) is 0 Å². The lowest BCUT2D eigenvalue weighted by molar-refractivity contribution is -0.143. The number of hydrogen-bond donors (Lipinski definition) is 1. The monoisotopic (exact) mass is 263 g/mol. The number of morpholine rings is 1. The molecule has 0 saturated carbocycles. The van der Waals surface area contributed by atoms with Gasteiger partial charge in [0.25, 0.3) is 0 Å². The van der Waals surface area contributed by atoms with E-state index in [0.717, 1.165) is 5.75 Å². The summed E-state index contributed by atoms with van der Waals surface area (Å²) in [6.07, 6.45) is -0.237.